The average molecular weight is 361 g/mol. The van der Waals surface area contributed by atoms with Crippen molar-refractivity contribution in [3.05, 3.63) is 46.6 Å². The highest BCUT2D eigenvalue weighted by Gasteiger charge is 1.97. The summed E-state index contributed by atoms with van der Waals surface area (Å²) in [5.74, 6) is 0.0245. The van der Waals surface area contributed by atoms with Gasteiger partial charge in [-0.25, -0.2) is 0 Å². The van der Waals surface area contributed by atoms with Gasteiger partial charge < -0.3 is 11.1 Å². The number of hydrogen-bond acceptors (Lipinski definition) is 2. The molecule has 0 spiro atoms. The number of nitrogens with two attached hydrogens (primary N) is 1. The van der Waals surface area contributed by atoms with Gasteiger partial charge >= 0.3 is 0 Å². The first-order chi connectivity index (χ1) is 12.3. The largest absolute Gasteiger partial charge is 0.353 e. The molecule has 3 heteroatoms. The molecule has 0 saturated carbocycles. The molecule has 3 N–H and O–H groups in total. The molecule has 0 unspecified atom stereocenters. The molecule has 0 aromatic heterocycles. The zero-order chi connectivity index (χ0) is 19.8. The molecular formula is C23H40N2O. The van der Waals surface area contributed by atoms with Crippen LogP contribution in [0.2, 0.25) is 0 Å². The van der Waals surface area contributed by atoms with E-state index in [1.165, 1.54) is 28.7 Å². The molecule has 0 radical (unpaired) electrons. The maximum absolute atomic E-state index is 11.3. The zero-order valence-corrected chi connectivity index (χ0v) is 17.7. The van der Waals surface area contributed by atoms with Crippen molar-refractivity contribution >= 4 is 5.91 Å². The summed E-state index contributed by atoms with van der Waals surface area (Å²) in [6, 6.07) is 0. The fourth-order valence-corrected chi connectivity index (χ4v) is 2.55. The Kier molecular flexibility index (Phi) is 14.7. The highest BCUT2D eigenvalue weighted by Crippen LogP contribution is 2.13. The summed E-state index contributed by atoms with van der Waals surface area (Å²) in [6.07, 6.45) is 16.2. The van der Waals surface area contributed by atoms with Crippen LogP contribution in [0.15, 0.2) is 46.6 Å². The molecule has 3 nitrogen and oxygen atoms in total. The molecule has 0 aromatic rings. The van der Waals surface area contributed by atoms with Gasteiger partial charge in [-0.2, -0.15) is 0 Å². The minimum Gasteiger partial charge on any atom is -0.353 e. The van der Waals surface area contributed by atoms with Crippen molar-refractivity contribution in [3.63, 3.8) is 0 Å². The molecule has 0 heterocycles. The van der Waals surface area contributed by atoms with Gasteiger partial charge in [0.2, 0.25) is 5.91 Å². The van der Waals surface area contributed by atoms with Crippen LogP contribution in [-0.4, -0.2) is 19.0 Å². The van der Waals surface area contributed by atoms with Crippen LogP contribution in [-0.2, 0) is 4.79 Å². The Morgan fingerprint density at radius 2 is 1.19 bits per heavy atom. The van der Waals surface area contributed by atoms with Crippen molar-refractivity contribution in [2.45, 2.75) is 79.6 Å². The zero-order valence-electron chi connectivity index (χ0n) is 17.7. The molecule has 148 valence electrons. The lowest BCUT2D eigenvalue weighted by molar-refractivity contribution is -0.120. The smallest absolute Gasteiger partial charge is 0.221 e. The Morgan fingerprint density at radius 1 is 0.731 bits per heavy atom. The monoisotopic (exact) mass is 360 g/mol. The molecule has 0 saturated heterocycles. The van der Waals surface area contributed by atoms with Crippen LogP contribution in [0.25, 0.3) is 0 Å². The minimum absolute atomic E-state index is 0.0245. The van der Waals surface area contributed by atoms with Gasteiger partial charge in [0.05, 0.1) is 0 Å². The second kappa shape index (κ2) is 15.6. The summed E-state index contributed by atoms with van der Waals surface area (Å²) < 4.78 is 0. The van der Waals surface area contributed by atoms with Crippen LogP contribution in [0.4, 0.5) is 0 Å². The number of amides is 1. The van der Waals surface area contributed by atoms with Crippen LogP contribution in [0.5, 0.6) is 0 Å². The van der Waals surface area contributed by atoms with Crippen LogP contribution in [0, 0.1) is 0 Å². The Balaban J connectivity index is 3.99. The standard InChI is InChI=1S/C23H40N2O/c1-19(2)9-6-10-20(3)11-7-12-21(4)13-8-14-22(5)16-18-25-23(26)15-17-24/h9,11,13,16H,6-8,10,12,14-15,17-18,24H2,1-5H3,(H,25,26). The predicted molar refractivity (Wildman–Crippen MR) is 115 cm³/mol. The van der Waals surface area contributed by atoms with E-state index >= 15 is 0 Å². The third-order valence-electron chi connectivity index (χ3n) is 4.28. The Labute approximate surface area is 161 Å². The normalized spacial score (nSPS) is 12.9. The van der Waals surface area contributed by atoms with Crippen molar-refractivity contribution in [1.29, 1.82) is 0 Å². The van der Waals surface area contributed by atoms with E-state index in [9.17, 15) is 4.79 Å². The quantitative estimate of drug-likeness (QED) is 0.420. The van der Waals surface area contributed by atoms with Gasteiger partial charge in [-0.3, -0.25) is 4.79 Å². The summed E-state index contributed by atoms with van der Waals surface area (Å²) in [4.78, 5) is 11.3. The van der Waals surface area contributed by atoms with Gasteiger partial charge in [-0.05, 0) is 73.1 Å². The topological polar surface area (TPSA) is 55.1 Å². The van der Waals surface area contributed by atoms with Gasteiger partial charge in [-0.15, -0.1) is 0 Å². The second-order valence-corrected chi connectivity index (χ2v) is 7.39. The first kappa shape index (κ1) is 24.4. The van der Waals surface area contributed by atoms with Gasteiger partial charge in [0.1, 0.15) is 0 Å². The predicted octanol–water partition coefficient (Wildman–Crippen LogP) is 5.60. The van der Waals surface area contributed by atoms with Gasteiger partial charge in [0.15, 0.2) is 0 Å². The Bertz CT molecular complexity index is 520. The summed E-state index contributed by atoms with van der Waals surface area (Å²) in [6.45, 7) is 11.9. The van der Waals surface area contributed by atoms with E-state index in [0.29, 0.717) is 19.5 Å². The number of carbonyl (C=O) groups is 1. The molecular weight excluding hydrogens is 320 g/mol. The lowest BCUT2D eigenvalue weighted by Crippen LogP contribution is -2.25. The third-order valence-corrected chi connectivity index (χ3v) is 4.28. The first-order valence-electron chi connectivity index (χ1n) is 9.92. The number of nitrogens with one attached hydrogen (secondary N) is 1. The van der Waals surface area contributed by atoms with Crippen LogP contribution in [0.3, 0.4) is 0 Å². The van der Waals surface area contributed by atoms with E-state index in [1.807, 2.05) is 0 Å². The molecule has 0 fully saturated rings. The van der Waals surface area contributed by atoms with E-state index in [4.69, 9.17) is 5.73 Å². The number of rotatable bonds is 13. The van der Waals surface area contributed by atoms with E-state index < -0.39 is 0 Å². The van der Waals surface area contributed by atoms with Crippen molar-refractivity contribution in [3.8, 4) is 0 Å². The van der Waals surface area contributed by atoms with Gasteiger partial charge in [0.25, 0.3) is 0 Å². The van der Waals surface area contributed by atoms with Gasteiger partial charge in [-0.1, -0.05) is 46.6 Å². The molecule has 0 aliphatic heterocycles. The highest BCUT2D eigenvalue weighted by molar-refractivity contribution is 5.76. The Hall–Kier alpha value is -1.61. The van der Waals surface area contributed by atoms with Crippen LogP contribution >= 0.6 is 0 Å². The van der Waals surface area contributed by atoms with E-state index in [2.05, 4.69) is 64.2 Å². The van der Waals surface area contributed by atoms with Crippen LogP contribution in [0.1, 0.15) is 79.6 Å². The SMILES string of the molecule is CC(C)=CCCC(C)=CCCC(C)=CCCC(C)=CCNC(=O)CCN. The highest BCUT2D eigenvalue weighted by atomic mass is 16.1. The number of hydrogen-bond donors (Lipinski definition) is 2. The van der Waals surface area contributed by atoms with E-state index in [-0.39, 0.29) is 5.91 Å². The lowest BCUT2D eigenvalue weighted by Gasteiger charge is -2.04. The number of carbonyl (C=O) groups excluding carboxylic acids is 1. The Morgan fingerprint density at radius 3 is 1.65 bits per heavy atom. The molecule has 0 bridgehead atoms. The molecule has 0 atom stereocenters. The third kappa shape index (κ3) is 15.9. The fourth-order valence-electron chi connectivity index (χ4n) is 2.55. The first-order valence-corrected chi connectivity index (χ1v) is 9.92. The van der Waals surface area contributed by atoms with E-state index in [0.717, 1.165) is 32.1 Å². The van der Waals surface area contributed by atoms with Crippen molar-refractivity contribution in [2.24, 2.45) is 5.73 Å². The van der Waals surface area contributed by atoms with Gasteiger partial charge in [0, 0.05) is 19.5 Å². The fraction of sp³-hybridized carbons (Fsp3) is 0.609. The minimum atomic E-state index is 0.0245. The van der Waals surface area contributed by atoms with Crippen molar-refractivity contribution in [1.82, 2.24) is 5.32 Å². The lowest BCUT2D eigenvalue weighted by atomic mass is 10.0. The molecule has 0 aliphatic rings. The van der Waals surface area contributed by atoms with Crippen molar-refractivity contribution in [2.75, 3.05) is 13.1 Å². The molecule has 0 aliphatic carbocycles. The van der Waals surface area contributed by atoms with Crippen molar-refractivity contribution < 1.29 is 4.79 Å². The van der Waals surface area contributed by atoms with Crippen LogP contribution < -0.4 is 11.1 Å². The maximum Gasteiger partial charge on any atom is 0.221 e. The second-order valence-electron chi connectivity index (χ2n) is 7.39. The molecule has 0 aromatic carbocycles. The average Bonchev–Trinajstić information content (AvgIpc) is 2.54. The summed E-state index contributed by atoms with van der Waals surface area (Å²) in [7, 11) is 0. The molecule has 1 amide bonds. The molecule has 0 rings (SSSR count). The number of allylic oxidation sites excluding steroid dienone is 7. The molecule has 26 heavy (non-hydrogen) atoms. The van der Waals surface area contributed by atoms with E-state index in [1.54, 1.807) is 0 Å². The summed E-state index contributed by atoms with van der Waals surface area (Å²) in [5, 5.41) is 2.85. The maximum atomic E-state index is 11.3. The summed E-state index contributed by atoms with van der Waals surface area (Å²) in [5.41, 5.74) is 11.0. The summed E-state index contributed by atoms with van der Waals surface area (Å²) >= 11 is 0.